The van der Waals surface area contributed by atoms with Gasteiger partial charge in [0.05, 0.1) is 0 Å². The van der Waals surface area contributed by atoms with Gasteiger partial charge in [0.2, 0.25) is 0 Å². The molecule has 130 valence electrons. The van der Waals surface area contributed by atoms with E-state index < -0.39 is 0 Å². The van der Waals surface area contributed by atoms with Gasteiger partial charge < -0.3 is 0 Å². The normalized spacial score (nSPS) is 11.0. The Morgan fingerprint density at radius 1 is 0.680 bits per heavy atom. The van der Waals surface area contributed by atoms with Crippen molar-refractivity contribution in [2.45, 2.75) is 53.4 Å². The zero-order valence-corrected chi connectivity index (χ0v) is 16.7. The second kappa shape index (κ2) is 8.01. The Labute approximate surface area is 156 Å². The Morgan fingerprint density at radius 3 is 1.68 bits per heavy atom. The van der Waals surface area contributed by atoms with Gasteiger partial charge in [0.25, 0.3) is 0 Å². The highest BCUT2D eigenvalue weighted by molar-refractivity contribution is 7.13. The van der Waals surface area contributed by atoms with E-state index in [0.29, 0.717) is 0 Å². The molecule has 0 aliphatic carbocycles. The number of rotatable bonds is 6. The highest BCUT2D eigenvalue weighted by atomic mass is 32.1. The van der Waals surface area contributed by atoms with Gasteiger partial charge in [-0.25, -0.2) is 0 Å². The van der Waals surface area contributed by atoms with Crippen molar-refractivity contribution in [3.63, 3.8) is 0 Å². The molecule has 1 heterocycles. The van der Waals surface area contributed by atoms with E-state index in [0.717, 1.165) is 25.7 Å². The van der Waals surface area contributed by atoms with Crippen LogP contribution < -0.4 is 0 Å². The minimum atomic E-state index is 1.07. The molecule has 0 bridgehead atoms. The molecule has 0 atom stereocenters. The summed E-state index contributed by atoms with van der Waals surface area (Å²) in [4.78, 5) is 1.40. The number of aryl methyl sites for hydroxylation is 4. The molecule has 0 spiro atoms. The second-order valence-electron chi connectivity index (χ2n) is 6.60. The van der Waals surface area contributed by atoms with Crippen molar-refractivity contribution in [1.82, 2.24) is 0 Å². The van der Waals surface area contributed by atoms with Crippen LogP contribution in [0.4, 0.5) is 0 Å². The summed E-state index contributed by atoms with van der Waals surface area (Å²) in [6.45, 7) is 9.03. The van der Waals surface area contributed by atoms with E-state index in [1.54, 1.807) is 0 Å². The van der Waals surface area contributed by atoms with Crippen LogP contribution in [0.15, 0.2) is 47.8 Å². The Kier molecular flexibility index (Phi) is 5.75. The minimum absolute atomic E-state index is 1.07. The lowest BCUT2D eigenvalue weighted by Crippen LogP contribution is -1.96. The van der Waals surface area contributed by atoms with Crippen LogP contribution in [0, 0.1) is 0 Å². The maximum absolute atomic E-state index is 2.42. The van der Waals surface area contributed by atoms with Gasteiger partial charge in [-0.3, -0.25) is 0 Å². The quantitative estimate of drug-likeness (QED) is 0.437. The molecule has 2 aromatic carbocycles. The molecular formula is C24H28S. The second-order valence-corrected chi connectivity index (χ2v) is 7.55. The zero-order valence-electron chi connectivity index (χ0n) is 15.9. The van der Waals surface area contributed by atoms with Crippen molar-refractivity contribution in [1.29, 1.82) is 0 Å². The van der Waals surface area contributed by atoms with E-state index in [9.17, 15) is 0 Å². The van der Waals surface area contributed by atoms with Crippen LogP contribution in [-0.2, 0) is 25.7 Å². The first-order chi connectivity index (χ1) is 12.2. The summed E-state index contributed by atoms with van der Waals surface area (Å²) in [6.07, 6.45) is 4.33. The van der Waals surface area contributed by atoms with Crippen molar-refractivity contribution >= 4 is 11.3 Å². The number of thiophene rings is 1. The Hall–Kier alpha value is -1.86. The molecule has 1 heteroatoms. The van der Waals surface area contributed by atoms with E-state index in [1.807, 2.05) is 11.3 Å². The molecule has 1 aromatic heterocycles. The van der Waals surface area contributed by atoms with Crippen LogP contribution in [0.1, 0.15) is 49.9 Å². The predicted octanol–water partition coefficient (Wildman–Crippen LogP) is 7.33. The van der Waals surface area contributed by atoms with Gasteiger partial charge >= 0.3 is 0 Å². The van der Waals surface area contributed by atoms with Gasteiger partial charge in [0, 0.05) is 4.88 Å². The van der Waals surface area contributed by atoms with Crippen LogP contribution in [0.3, 0.4) is 0 Å². The molecule has 0 fully saturated rings. The first-order valence-electron chi connectivity index (χ1n) is 9.52. The molecule has 25 heavy (non-hydrogen) atoms. The monoisotopic (exact) mass is 348 g/mol. The van der Waals surface area contributed by atoms with Gasteiger partial charge in [-0.15, -0.1) is 11.3 Å². The highest BCUT2D eigenvalue weighted by Crippen LogP contribution is 2.36. The Bertz CT molecular complexity index is 793. The molecule has 0 unspecified atom stereocenters. The van der Waals surface area contributed by atoms with Gasteiger partial charge in [-0.05, 0) is 76.1 Å². The molecule has 3 aromatic rings. The smallest absolute Gasteiger partial charge is 0.0348 e. The van der Waals surface area contributed by atoms with Crippen LogP contribution in [-0.4, -0.2) is 0 Å². The van der Waals surface area contributed by atoms with E-state index in [-0.39, 0.29) is 0 Å². The number of benzene rings is 2. The average Bonchev–Trinajstić information content (AvgIpc) is 3.20. The first kappa shape index (κ1) is 17.9. The molecule has 0 N–H and O–H groups in total. The van der Waals surface area contributed by atoms with E-state index in [2.05, 4.69) is 75.5 Å². The van der Waals surface area contributed by atoms with Crippen molar-refractivity contribution in [2.75, 3.05) is 0 Å². The molecule has 0 nitrogen and oxygen atoms in total. The number of hydrogen-bond donors (Lipinski definition) is 0. The standard InChI is InChI=1S/C24H28S/c1-5-17-12-18(6-2)14-21(13-17)22-15-19(7-3)24(20(8-4)16-22)23-10-9-11-25-23/h9-16H,5-8H2,1-4H3. The Morgan fingerprint density at radius 2 is 1.24 bits per heavy atom. The molecule has 0 aliphatic rings. The van der Waals surface area contributed by atoms with E-state index >= 15 is 0 Å². The van der Waals surface area contributed by atoms with Crippen molar-refractivity contribution in [3.8, 4) is 21.6 Å². The van der Waals surface area contributed by atoms with Crippen molar-refractivity contribution in [2.24, 2.45) is 0 Å². The summed E-state index contributed by atoms with van der Waals surface area (Å²) in [5.74, 6) is 0. The van der Waals surface area contributed by atoms with Gasteiger partial charge in [-0.1, -0.05) is 64.1 Å². The molecule has 3 rings (SSSR count). The minimum Gasteiger partial charge on any atom is -0.144 e. The van der Waals surface area contributed by atoms with Gasteiger partial charge in [-0.2, -0.15) is 0 Å². The third kappa shape index (κ3) is 3.72. The predicted molar refractivity (Wildman–Crippen MR) is 113 cm³/mol. The topological polar surface area (TPSA) is 0 Å². The lowest BCUT2D eigenvalue weighted by molar-refractivity contribution is 1.08. The molecule has 0 saturated heterocycles. The zero-order chi connectivity index (χ0) is 17.8. The maximum Gasteiger partial charge on any atom is 0.0348 e. The fourth-order valence-corrected chi connectivity index (χ4v) is 4.41. The van der Waals surface area contributed by atoms with Crippen molar-refractivity contribution in [3.05, 3.63) is 70.1 Å². The van der Waals surface area contributed by atoms with E-state index in [1.165, 1.54) is 43.8 Å². The van der Waals surface area contributed by atoms with Crippen LogP contribution in [0.25, 0.3) is 21.6 Å². The van der Waals surface area contributed by atoms with E-state index in [4.69, 9.17) is 0 Å². The Balaban J connectivity index is 2.19. The summed E-state index contributed by atoms with van der Waals surface area (Å²) in [5.41, 5.74) is 10.0. The summed E-state index contributed by atoms with van der Waals surface area (Å²) < 4.78 is 0. The van der Waals surface area contributed by atoms with Gasteiger partial charge in [0.1, 0.15) is 0 Å². The molecular weight excluding hydrogens is 320 g/mol. The molecule has 0 radical (unpaired) electrons. The summed E-state index contributed by atoms with van der Waals surface area (Å²) >= 11 is 1.85. The first-order valence-corrected chi connectivity index (χ1v) is 10.4. The fourth-order valence-electron chi connectivity index (χ4n) is 3.57. The van der Waals surface area contributed by atoms with Crippen molar-refractivity contribution < 1.29 is 0 Å². The van der Waals surface area contributed by atoms with Crippen LogP contribution in [0.5, 0.6) is 0 Å². The molecule has 0 amide bonds. The summed E-state index contributed by atoms with van der Waals surface area (Å²) in [5, 5.41) is 2.18. The largest absolute Gasteiger partial charge is 0.144 e. The summed E-state index contributed by atoms with van der Waals surface area (Å²) in [6, 6.07) is 16.3. The molecule has 0 aliphatic heterocycles. The van der Waals surface area contributed by atoms with Crippen LogP contribution in [0.2, 0.25) is 0 Å². The van der Waals surface area contributed by atoms with Gasteiger partial charge in [0.15, 0.2) is 0 Å². The highest BCUT2D eigenvalue weighted by Gasteiger charge is 2.13. The number of hydrogen-bond acceptors (Lipinski definition) is 1. The fraction of sp³-hybridized carbons (Fsp3) is 0.333. The third-order valence-electron chi connectivity index (χ3n) is 5.03. The molecule has 0 saturated carbocycles. The maximum atomic E-state index is 2.42. The lowest BCUT2D eigenvalue weighted by atomic mass is 9.89. The average molecular weight is 349 g/mol. The SMILES string of the molecule is CCc1cc(CC)cc(-c2cc(CC)c(-c3cccs3)c(CC)c2)c1. The third-order valence-corrected chi connectivity index (χ3v) is 5.92. The summed E-state index contributed by atoms with van der Waals surface area (Å²) in [7, 11) is 0. The lowest BCUT2D eigenvalue weighted by Gasteiger charge is -2.16. The van der Waals surface area contributed by atoms with Crippen LogP contribution >= 0.6 is 11.3 Å².